The van der Waals surface area contributed by atoms with Gasteiger partial charge in [0, 0.05) is 58.6 Å². The Morgan fingerprint density at radius 1 is 0.981 bits per heavy atom. The van der Waals surface area contributed by atoms with Crippen molar-refractivity contribution >= 4 is 52.5 Å². The molecule has 0 radical (unpaired) electrons. The van der Waals surface area contributed by atoms with Crippen LogP contribution in [0.2, 0.25) is 5.02 Å². The molecule has 3 aromatic heterocycles. The summed E-state index contributed by atoms with van der Waals surface area (Å²) in [5, 5.41) is 17.0. The molecule has 1 aromatic carbocycles. The summed E-state index contributed by atoms with van der Waals surface area (Å²) in [4.78, 5) is 68.9. The van der Waals surface area contributed by atoms with Crippen LogP contribution >= 0.6 is 11.6 Å². The number of hydrogen-bond donors (Lipinski definition) is 2. The zero-order valence-electron chi connectivity index (χ0n) is 29.5. The number of esters is 1. The molecular weight excluding hydrogens is 737 g/mol. The number of fused-ring (bicyclic) bond motifs is 1. The topological polar surface area (TPSA) is 171 Å². The number of anilines is 3. The molecule has 2 fully saturated rings. The number of alkyl halides is 3. The smallest absolute Gasteiger partial charge is 0.416 e. The second-order valence-corrected chi connectivity index (χ2v) is 13.0. The first kappa shape index (κ1) is 38.3. The van der Waals surface area contributed by atoms with Gasteiger partial charge in [-0.3, -0.25) is 24.1 Å². The number of hydrogen-bond acceptors (Lipinski definition) is 12. The molecule has 2 N–H and O–H groups in total. The van der Waals surface area contributed by atoms with Crippen molar-refractivity contribution < 1.29 is 37.4 Å². The molecule has 16 nitrogen and oxygen atoms in total. The number of piperazine rings is 2. The van der Waals surface area contributed by atoms with E-state index in [4.69, 9.17) is 21.3 Å². The largest absolute Gasteiger partial charge is 0.505 e. The number of nitrogens with one attached hydrogen (secondary N) is 1. The minimum absolute atomic E-state index is 0.0346. The molecule has 20 heteroatoms. The third-order valence-electron chi connectivity index (χ3n) is 9.21. The SMILES string of the molecule is CCOC(=O)CN1CCN(c2nc3n(CC(=O)Nc4ccc(C(F)(F)F)cc4Cl)c(CC)c(N4CCN(C(=O)c5ncccc5O)CC4)c(=O)n3n2)CC1. The fourth-order valence-electron chi connectivity index (χ4n) is 6.52. The summed E-state index contributed by atoms with van der Waals surface area (Å²) in [7, 11) is 0. The van der Waals surface area contributed by atoms with E-state index in [2.05, 4.69) is 15.4 Å². The van der Waals surface area contributed by atoms with Gasteiger partial charge in [-0.25, -0.2) is 4.98 Å². The van der Waals surface area contributed by atoms with E-state index in [1.165, 1.54) is 23.2 Å². The molecular formula is C34H38ClF3N10O6. The lowest BCUT2D eigenvalue weighted by molar-refractivity contribution is -0.144. The zero-order valence-corrected chi connectivity index (χ0v) is 30.2. The Hall–Kier alpha value is -5.43. The molecule has 288 valence electrons. The van der Waals surface area contributed by atoms with Crippen LogP contribution < -0.4 is 20.7 Å². The van der Waals surface area contributed by atoms with Crippen molar-refractivity contribution in [1.29, 1.82) is 0 Å². The Balaban J connectivity index is 1.31. The van der Waals surface area contributed by atoms with Crippen LogP contribution in [-0.4, -0.2) is 122 Å². The van der Waals surface area contributed by atoms with Gasteiger partial charge in [0.1, 0.15) is 18.0 Å². The van der Waals surface area contributed by atoms with Crippen LogP contribution in [0.25, 0.3) is 5.78 Å². The van der Waals surface area contributed by atoms with Gasteiger partial charge in [0.05, 0.1) is 35.1 Å². The molecule has 0 atom stereocenters. The van der Waals surface area contributed by atoms with Crippen molar-refractivity contribution in [1.82, 2.24) is 33.9 Å². The van der Waals surface area contributed by atoms with E-state index in [0.29, 0.717) is 31.9 Å². The maximum Gasteiger partial charge on any atom is 0.416 e. The number of halogens is 4. The van der Waals surface area contributed by atoms with E-state index >= 15 is 0 Å². The van der Waals surface area contributed by atoms with E-state index < -0.39 is 35.7 Å². The first-order valence-corrected chi connectivity index (χ1v) is 17.7. The number of ether oxygens (including phenoxy) is 1. The second-order valence-electron chi connectivity index (χ2n) is 12.6. The highest BCUT2D eigenvalue weighted by molar-refractivity contribution is 6.33. The predicted molar refractivity (Wildman–Crippen MR) is 191 cm³/mol. The lowest BCUT2D eigenvalue weighted by Gasteiger charge is -2.36. The average Bonchev–Trinajstić information content (AvgIpc) is 3.60. The van der Waals surface area contributed by atoms with E-state index in [1.807, 2.05) is 9.80 Å². The quantitative estimate of drug-likeness (QED) is 0.226. The van der Waals surface area contributed by atoms with Crippen LogP contribution in [0.5, 0.6) is 5.75 Å². The van der Waals surface area contributed by atoms with Crippen molar-refractivity contribution in [2.45, 2.75) is 33.0 Å². The van der Waals surface area contributed by atoms with Crippen LogP contribution in [0.4, 0.5) is 30.5 Å². The van der Waals surface area contributed by atoms with Crippen LogP contribution in [-0.2, 0) is 33.5 Å². The summed E-state index contributed by atoms with van der Waals surface area (Å²) in [6.45, 7) is 6.27. The number of carbonyl (C=O) groups is 3. The average molecular weight is 775 g/mol. The first-order chi connectivity index (χ1) is 25.8. The summed E-state index contributed by atoms with van der Waals surface area (Å²) in [6, 6.07) is 5.49. The van der Waals surface area contributed by atoms with Crippen molar-refractivity contribution in [3.63, 3.8) is 0 Å². The van der Waals surface area contributed by atoms with Crippen molar-refractivity contribution in [3.05, 3.63) is 68.9 Å². The summed E-state index contributed by atoms with van der Waals surface area (Å²) >= 11 is 6.13. The normalized spacial score (nSPS) is 15.5. The van der Waals surface area contributed by atoms with Crippen LogP contribution in [0, 0.1) is 0 Å². The minimum Gasteiger partial charge on any atom is -0.505 e. The van der Waals surface area contributed by atoms with Crippen LogP contribution in [0.15, 0.2) is 41.3 Å². The zero-order chi connectivity index (χ0) is 38.7. The fourth-order valence-corrected chi connectivity index (χ4v) is 6.75. The maximum absolute atomic E-state index is 14.3. The lowest BCUT2D eigenvalue weighted by Crippen LogP contribution is -2.51. The number of aromatic nitrogens is 5. The Morgan fingerprint density at radius 3 is 2.31 bits per heavy atom. The molecule has 5 heterocycles. The molecule has 0 aliphatic carbocycles. The van der Waals surface area contributed by atoms with Gasteiger partial charge in [-0.05, 0) is 43.7 Å². The van der Waals surface area contributed by atoms with E-state index in [-0.39, 0.29) is 91.3 Å². The van der Waals surface area contributed by atoms with Gasteiger partial charge in [-0.15, -0.1) is 5.10 Å². The Morgan fingerprint density at radius 2 is 1.69 bits per heavy atom. The molecule has 0 saturated carbocycles. The van der Waals surface area contributed by atoms with Crippen molar-refractivity contribution in [2.24, 2.45) is 0 Å². The number of amides is 2. The molecule has 54 heavy (non-hydrogen) atoms. The summed E-state index contributed by atoms with van der Waals surface area (Å²) in [6.07, 6.45) is -2.95. The molecule has 4 aromatic rings. The number of benzene rings is 1. The highest BCUT2D eigenvalue weighted by Crippen LogP contribution is 2.34. The molecule has 2 aliphatic rings. The number of rotatable bonds is 10. The molecule has 0 bridgehead atoms. The van der Waals surface area contributed by atoms with Gasteiger partial charge in [0.2, 0.25) is 17.6 Å². The van der Waals surface area contributed by atoms with Gasteiger partial charge < -0.3 is 34.4 Å². The molecule has 0 unspecified atom stereocenters. The van der Waals surface area contributed by atoms with Gasteiger partial charge >= 0.3 is 12.1 Å². The van der Waals surface area contributed by atoms with E-state index in [1.54, 1.807) is 23.3 Å². The number of aromatic hydroxyl groups is 1. The van der Waals surface area contributed by atoms with E-state index in [9.17, 15) is 37.5 Å². The third kappa shape index (κ3) is 8.06. The molecule has 0 spiro atoms. The minimum atomic E-state index is -4.63. The standard InChI is InChI=1S/C34H38ClF3N10O6/c1-3-24-29(44-14-16-45(17-15-44)30(52)28-25(49)6-5-9-39-28)31(53)48-33(41-32(42-48)46-12-10-43(11-13-46)20-27(51)54-4-2)47(24)19-26(50)40-23-8-7-21(18-22(23)35)34(36,37)38/h5-9,18,49H,3-4,10-17,19-20H2,1-2H3,(H,40,50). The predicted octanol–water partition coefficient (Wildman–Crippen LogP) is 2.51. The number of nitrogens with zero attached hydrogens (tertiary/aromatic N) is 9. The fraction of sp³-hybridized carbons (Fsp3) is 0.441. The Labute approximate surface area is 311 Å². The number of carbonyl (C=O) groups excluding carboxylic acids is 3. The van der Waals surface area contributed by atoms with Crippen molar-refractivity contribution in [2.75, 3.05) is 80.6 Å². The van der Waals surface area contributed by atoms with Crippen molar-refractivity contribution in [3.8, 4) is 5.75 Å². The lowest BCUT2D eigenvalue weighted by atomic mass is 10.2. The van der Waals surface area contributed by atoms with Gasteiger partial charge in [-0.1, -0.05) is 18.5 Å². The van der Waals surface area contributed by atoms with E-state index in [0.717, 1.165) is 22.7 Å². The summed E-state index contributed by atoms with van der Waals surface area (Å²) < 4.78 is 47.5. The number of pyridine rings is 1. The highest BCUT2D eigenvalue weighted by atomic mass is 35.5. The highest BCUT2D eigenvalue weighted by Gasteiger charge is 2.33. The Kier molecular flexibility index (Phi) is 11.3. The monoisotopic (exact) mass is 774 g/mol. The van der Waals surface area contributed by atoms with Crippen LogP contribution in [0.1, 0.15) is 35.6 Å². The molecule has 6 rings (SSSR count). The first-order valence-electron chi connectivity index (χ1n) is 17.3. The van der Waals surface area contributed by atoms with Gasteiger partial charge in [0.25, 0.3) is 11.5 Å². The summed E-state index contributed by atoms with van der Waals surface area (Å²) in [5.41, 5.74) is -0.893. The molecule has 2 saturated heterocycles. The van der Waals surface area contributed by atoms with Gasteiger partial charge in [-0.2, -0.15) is 22.7 Å². The summed E-state index contributed by atoms with van der Waals surface area (Å²) in [5.74, 6) is -1.39. The van der Waals surface area contributed by atoms with Gasteiger partial charge in [0.15, 0.2) is 5.69 Å². The second kappa shape index (κ2) is 15.9. The third-order valence-corrected chi connectivity index (χ3v) is 9.52. The van der Waals surface area contributed by atoms with Crippen LogP contribution in [0.3, 0.4) is 0 Å². The molecule has 2 aliphatic heterocycles. The maximum atomic E-state index is 14.3. The molecule has 2 amide bonds. The Bertz CT molecular complexity index is 2110.